The van der Waals surface area contributed by atoms with Crippen LogP contribution in [0.2, 0.25) is 0 Å². The van der Waals surface area contributed by atoms with Gasteiger partial charge in [0, 0.05) is 30.0 Å². The summed E-state index contributed by atoms with van der Waals surface area (Å²) in [6, 6.07) is 8.35. The molecule has 0 saturated carbocycles. The molecular weight excluding hydrogens is 290 g/mol. The highest BCUT2D eigenvalue weighted by atomic mass is 16.5. The number of aryl methyl sites for hydroxylation is 1. The van der Waals surface area contributed by atoms with Crippen LogP contribution in [0.15, 0.2) is 41.4 Å². The van der Waals surface area contributed by atoms with Crippen LogP contribution in [0.4, 0.5) is 5.69 Å². The minimum atomic E-state index is -0.0165. The molecule has 0 heterocycles. The normalized spacial score (nSPS) is 13.3. The first-order valence-electron chi connectivity index (χ1n) is 7.69. The smallest absolute Gasteiger partial charge is 0.128 e. The Morgan fingerprint density at radius 1 is 1.17 bits per heavy atom. The second-order valence-electron chi connectivity index (χ2n) is 5.39. The zero-order valence-electron chi connectivity index (χ0n) is 13.0. The molecule has 0 radical (unpaired) electrons. The van der Waals surface area contributed by atoms with E-state index in [1.54, 1.807) is 6.21 Å². The van der Waals surface area contributed by atoms with E-state index in [9.17, 15) is 10.2 Å². The van der Waals surface area contributed by atoms with Crippen molar-refractivity contribution in [1.82, 2.24) is 0 Å². The van der Waals surface area contributed by atoms with Crippen molar-refractivity contribution in [3.63, 3.8) is 0 Å². The number of phenols is 2. The van der Waals surface area contributed by atoms with Gasteiger partial charge in [0.15, 0.2) is 0 Å². The predicted octanol–water partition coefficient (Wildman–Crippen LogP) is 4.21. The molecule has 0 fully saturated rings. The van der Waals surface area contributed by atoms with Gasteiger partial charge in [-0.3, -0.25) is 4.99 Å². The molecule has 2 aromatic rings. The average molecular weight is 309 g/mol. The summed E-state index contributed by atoms with van der Waals surface area (Å²) in [5, 5.41) is 19.1. The summed E-state index contributed by atoms with van der Waals surface area (Å²) in [6.45, 7) is 2.53. The number of nitrogens with zero attached hydrogens (tertiary/aromatic N) is 1. The van der Waals surface area contributed by atoms with E-state index >= 15 is 0 Å². The van der Waals surface area contributed by atoms with E-state index in [2.05, 4.69) is 23.2 Å². The van der Waals surface area contributed by atoms with E-state index in [4.69, 9.17) is 4.74 Å². The van der Waals surface area contributed by atoms with E-state index in [1.807, 2.05) is 13.0 Å². The van der Waals surface area contributed by atoms with E-state index < -0.39 is 0 Å². The Morgan fingerprint density at radius 2 is 1.96 bits per heavy atom. The fourth-order valence-corrected chi connectivity index (χ4v) is 2.72. The quantitative estimate of drug-likeness (QED) is 0.832. The lowest BCUT2D eigenvalue weighted by molar-refractivity contribution is 0.339. The molecule has 0 aromatic heterocycles. The molecule has 0 atom stereocenters. The van der Waals surface area contributed by atoms with Crippen molar-refractivity contribution in [2.24, 2.45) is 4.99 Å². The molecule has 0 bridgehead atoms. The summed E-state index contributed by atoms with van der Waals surface area (Å²) in [4.78, 5) is 4.39. The van der Waals surface area contributed by atoms with Gasteiger partial charge < -0.3 is 14.9 Å². The van der Waals surface area contributed by atoms with Gasteiger partial charge in [0.2, 0.25) is 0 Å². The highest BCUT2D eigenvalue weighted by molar-refractivity contribution is 5.91. The van der Waals surface area contributed by atoms with Crippen molar-refractivity contribution in [3.05, 3.63) is 53.1 Å². The third kappa shape index (κ3) is 3.37. The van der Waals surface area contributed by atoms with Gasteiger partial charge in [0.1, 0.15) is 17.2 Å². The van der Waals surface area contributed by atoms with E-state index in [1.165, 1.54) is 23.8 Å². The van der Waals surface area contributed by atoms with E-state index in [-0.39, 0.29) is 11.5 Å². The van der Waals surface area contributed by atoms with E-state index in [0.717, 1.165) is 29.7 Å². The lowest BCUT2D eigenvalue weighted by Gasteiger charge is -2.16. The molecular formula is C19H19NO3. The van der Waals surface area contributed by atoms with Crippen LogP contribution >= 0.6 is 0 Å². The Morgan fingerprint density at radius 3 is 2.70 bits per heavy atom. The maximum absolute atomic E-state index is 9.55. The molecule has 1 aliphatic rings. The van der Waals surface area contributed by atoms with Gasteiger partial charge in [0.05, 0.1) is 12.3 Å². The third-order valence-electron chi connectivity index (χ3n) is 3.73. The van der Waals surface area contributed by atoms with Crippen molar-refractivity contribution in [2.75, 3.05) is 6.61 Å². The molecule has 0 spiro atoms. The summed E-state index contributed by atoms with van der Waals surface area (Å²) in [7, 11) is 0. The number of ether oxygens (including phenoxy) is 1. The van der Waals surface area contributed by atoms with Gasteiger partial charge in [-0.1, -0.05) is 18.2 Å². The summed E-state index contributed by atoms with van der Waals surface area (Å²) in [5.41, 5.74) is 3.80. The largest absolute Gasteiger partial charge is 0.508 e. The molecule has 4 heteroatoms. The molecule has 118 valence electrons. The van der Waals surface area contributed by atoms with Gasteiger partial charge in [-0.25, -0.2) is 0 Å². The Hall–Kier alpha value is -2.75. The van der Waals surface area contributed by atoms with Crippen molar-refractivity contribution in [3.8, 4) is 17.2 Å². The van der Waals surface area contributed by atoms with Crippen LogP contribution in [0.5, 0.6) is 17.2 Å². The van der Waals surface area contributed by atoms with Gasteiger partial charge in [-0.15, -0.1) is 0 Å². The fraction of sp³-hybridized carbons (Fsp3) is 0.211. The molecule has 3 rings (SSSR count). The third-order valence-corrected chi connectivity index (χ3v) is 3.73. The van der Waals surface area contributed by atoms with Crippen LogP contribution in [0, 0.1) is 0 Å². The molecule has 1 aliphatic carbocycles. The van der Waals surface area contributed by atoms with E-state index in [0.29, 0.717) is 12.3 Å². The first-order chi connectivity index (χ1) is 11.2. The van der Waals surface area contributed by atoms with Crippen LogP contribution in [0.1, 0.15) is 30.0 Å². The Labute approximate surface area is 135 Å². The second-order valence-corrected chi connectivity index (χ2v) is 5.39. The summed E-state index contributed by atoms with van der Waals surface area (Å²) < 4.78 is 5.72. The number of aliphatic imine (C=N–C) groups is 1. The summed E-state index contributed by atoms with van der Waals surface area (Å²) in [5.74, 6) is 0.750. The number of phenolic OH excluding ortho intramolecular Hbond substituents is 2. The number of benzene rings is 2. The van der Waals surface area contributed by atoms with Crippen molar-refractivity contribution < 1.29 is 14.9 Å². The van der Waals surface area contributed by atoms with Crippen LogP contribution < -0.4 is 4.74 Å². The molecule has 23 heavy (non-hydrogen) atoms. The Kier molecular flexibility index (Phi) is 4.33. The molecule has 2 N–H and O–H groups in total. The first-order valence-corrected chi connectivity index (χ1v) is 7.69. The van der Waals surface area contributed by atoms with Gasteiger partial charge >= 0.3 is 0 Å². The minimum Gasteiger partial charge on any atom is -0.508 e. The number of aromatic hydroxyl groups is 2. The lowest BCUT2D eigenvalue weighted by Crippen LogP contribution is -2.03. The van der Waals surface area contributed by atoms with Crippen LogP contribution in [0.25, 0.3) is 6.08 Å². The molecule has 0 saturated heterocycles. The highest BCUT2D eigenvalue weighted by Crippen LogP contribution is 2.31. The standard InChI is InChI=1S/C19H19NO3/c1-2-23-19-8-7-13-5-3-4-6-17(13)18(19)12-20-14-9-15(21)11-16(22)10-14/h4,6-12,21-22H,2-3,5H2,1H3. The minimum absolute atomic E-state index is 0.0165. The number of hydrogen-bond donors (Lipinski definition) is 2. The number of allylic oxidation sites excluding steroid dienone is 1. The first kappa shape index (κ1) is 15.2. The SMILES string of the molecule is CCOc1ccc2c(c1C=Nc1cc(O)cc(O)c1)C=CCC2. The zero-order valence-corrected chi connectivity index (χ0v) is 13.0. The summed E-state index contributed by atoms with van der Waals surface area (Å²) >= 11 is 0. The fourth-order valence-electron chi connectivity index (χ4n) is 2.72. The summed E-state index contributed by atoms with van der Waals surface area (Å²) in [6.07, 6.45) is 8.02. The predicted molar refractivity (Wildman–Crippen MR) is 92.0 cm³/mol. The maximum Gasteiger partial charge on any atom is 0.128 e. The molecule has 4 nitrogen and oxygen atoms in total. The molecule has 0 unspecified atom stereocenters. The van der Waals surface area contributed by atoms with Crippen molar-refractivity contribution in [1.29, 1.82) is 0 Å². The number of fused-ring (bicyclic) bond motifs is 1. The zero-order chi connectivity index (χ0) is 16.2. The number of hydrogen-bond acceptors (Lipinski definition) is 4. The molecule has 0 aliphatic heterocycles. The van der Waals surface area contributed by atoms with Crippen molar-refractivity contribution in [2.45, 2.75) is 19.8 Å². The molecule has 0 amide bonds. The Bertz CT molecular complexity index is 758. The molecule has 2 aromatic carbocycles. The van der Waals surface area contributed by atoms with Crippen molar-refractivity contribution >= 4 is 18.0 Å². The lowest BCUT2D eigenvalue weighted by atomic mass is 9.93. The van der Waals surface area contributed by atoms with Gasteiger partial charge in [-0.2, -0.15) is 0 Å². The van der Waals surface area contributed by atoms with Gasteiger partial charge in [0.25, 0.3) is 0 Å². The topological polar surface area (TPSA) is 62.0 Å². The van der Waals surface area contributed by atoms with Gasteiger partial charge in [-0.05, 0) is 37.0 Å². The van der Waals surface area contributed by atoms with Crippen LogP contribution in [-0.4, -0.2) is 23.0 Å². The second kappa shape index (κ2) is 6.57. The Balaban J connectivity index is 2.04. The van der Waals surface area contributed by atoms with Crippen LogP contribution in [0.3, 0.4) is 0 Å². The number of rotatable bonds is 4. The highest BCUT2D eigenvalue weighted by Gasteiger charge is 2.13. The monoisotopic (exact) mass is 309 g/mol. The average Bonchev–Trinajstić information content (AvgIpc) is 2.53. The van der Waals surface area contributed by atoms with Crippen LogP contribution in [-0.2, 0) is 6.42 Å². The maximum atomic E-state index is 9.55.